The molecule has 1 saturated heterocycles. The van der Waals surface area contributed by atoms with E-state index in [1.807, 2.05) is 11.8 Å². The van der Waals surface area contributed by atoms with E-state index in [1.165, 1.54) is 12.3 Å². The van der Waals surface area contributed by atoms with Gasteiger partial charge in [-0.15, -0.1) is 0 Å². The summed E-state index contributed by atoms with van der Waals surface area (Å²) in [7, 11) is -3.86. The predicted octanol–water partition coefficient (Wildman–Crippen LogP) is 3.11. The maximum absolute atomic E-state index is 12.9. The lowest BCUT2D eigenvalue weighted by atomic mass is 10.1. The summed E-state index contributed by atoms with van der Waals surface area (Å²) in [5.74, 6) is -0.751. The van der Waals surface area contributed by atoms with Crippen molar-refractivity contribution in [3.63, 3.8) is 0 Å². The van der Waals surface area contributed by atoms with Crippen molar-refractivity contribution >= 4 is 27.5 Å². The van der Waals surface area contributed by atoms with Gasteiger partial charge in [-0.1, -0.05) is 17.7 Å². The standard InChI is InChI=1S/C19H23N3O4S/c1-12-8-13(2)17(14(3)9-12)27(25,26)21-15-10-16(19(23)24)18(20-11-15)22-6-4-5-7-22/h8-11,21H,4-7H2,1-3H3,(H,23,24). The molecule has 0 amide bonds. The zero-order valence-electron chi connectivity index (χ0n) is 15.6. The zero-order chi connectivity index (χ0) is 19.8. The number of hydrogen-bond donors (Lipinski definition) is 2. The van der Waals surface area contributed by atoms with Gasteiger partial charge in [-0.05, 0) is 50.8 Å². The molecule has 2 heterocycles. The first kappa shape index (κ1) is 19.2. The van der Waals surface area contributed by atoms with Crippen molar-refractivity contribution in [2.45, 2.75) is 38.5 Å². The summed E-state index contributed by atoms with van der Waals surface area (Å²) in [6.07, 6.45) is 3.35. The van der Waals surface area contributed by atoms with Gasteiger partial charge in [0.05, 0.1) is 16.8 Å². The van der Waals surface area contributed by atoms with Crippen LogP contribution in [0.25, 0.3) is 0 Å². The maximum atomic E-state index is 12.9. The number of sulfonamides is 1. The summed E-state index contributed by atoms with van der Waals surface area (Å²) in [5, 5.41) is 9.54. The van der Waals surface area contributed by atoms with Crippen LogP contribution in [0.3, 0.4) is 0 Å². The number of carbonyl (C=O) groups is 1. The van der Waals surface area contributed by atoms with Gasteiger partial charge in [0, 0.05) is 13.1 Å². The minimum Gasteiger partial charge on any atom is -0.478 e. The van der Waals surface area contributed by atoms with Crippen molar-refractivity contribution in [2.24, 2.45) is 0 Å². The molecule has 1 aromatic heterocycles. The maximum Gasteiger partial charge on any atom is 0.339 e. The molecule has 2 N–H and O–H groups in total. The first-order valence-corrected chi connectivity index (χ1v) is 10.3. The van der Waals surface area contributed by atoms with E-state index in [0.29, 0.717) is 16.9 Å². The van der Waals surface area contributed by atoms with E-state index in [0.717, 1.165) is 31.5 Å². The number of carboxylic acids is 1. The number of benzene rings is 1. The topological polar surface area (TPSA) is 99.6 Å². The summed E-state index contributed by atoms with van der Waals surface area (Å²) in [5.41, 5.74) is 2.39. The highest BCUT2D eigenvalue weighted by Crippen LogP contribution is 2.28. The molecule has 0 bridgehead atoms. The minimum absolute atomic E-state index is 0.00514. The van der Waals surface area contributed by atoms with E-state index in [-0.39, 0.29) is 16.1 Å². The minimum atomic E-state index is -3.86. The molecule has 0 spiro atoms. The third kappa shape index (κ3) is 3.90. The number of carboxylic acid groups (broad SMARTS) is 1. The highest BCUT2D eigenvalue weighted by Gasteiger charge is 2.24. The lowest BCUT2D eigenvalue weighted by Crippen LogP contribution is -2.23. The van der Waals surface area contributed by atoms with Gasteiger partial charge in [0.25, 0.3) is 10.0 Å². The van der Waals surface area contributed by atoms with E-state index in [9.17, 15) is 18.3 Å². The predicted molar refractivity (Wildman–Crippen MR) is 104 cm³/mol. The third-order valence-corrected chi connectivity index (χ3v) is 6.31. The number of aryl methyl sites for hydroxylation is 3. The molecule has 27 heavy (non-hydrogen) atoms. The van der Waals surface area contributed by atoms with Crippen LogP contribution in [-0.4, -0.2) is 37.6 Å². The van der Waals surface area contributed by atoms with Crippen LogP contribution in [-0.2, 0) is 10.0 Å². The summed E-state index contributed by atoms with van der Waals surface area (Å²) in [6.45, 7) is 6.89. The van der Waals surface area contributed by atoms with Gasteiger partial charge in [0.2, 0.25) is 0 Å². The molecule has 1 fully saturated rings. The van der Waals surface area contributed by atoms with E-state index in [2.05, 4.69) is 9.71 Å². The van der Waals surface area contributed by atoms with E-state index < -0.39 is 16.0 Å². The van der Waals surface area contributed by atoms with Gasteiger partial charge < -0.3 is 10.0 Å². The molecule has 1 aliphatic rings. The molecule has 144 valence electrons. The second kappa shape index (κ2) is 7.19. The molecule has 1 aromatic carbocycles. The first-order chi connectivity index (χ1) is 12.7. The van der Waals surface area contributed by atoms with Gasteiger partial charge in [0.1, 0.15) is 11.4 Å². The highest BCUT2D eigenvalue weighted by atomic mass is 32.2. The van der Waals surface area contributed by atoms with Crippen molar-refractivity contribution in [1.82, 2.24) is 4.98 Å². The van der Waals surface area contributed by atoms with E-state index in [1.54, 1.807) is 26.0 Å². The molecule has 1 aliphatic heterocycles. The molecular formula is C19H23N3O4S. The van der Waals surface area contributed by atoms with Crippen molar-refractivity contribution in [2.75, 3.05) is 22.7 Å². The molecular weight excluding hydrogens is 366 g/mol. The fourth-order valence-corrected chi connectivity index (χ4v) is 5.14. The number of hydrogen-bond acceptors (Lipinski definition) is 5. The number of aromatic nitrogens is 1. The number of pyridine rings is 1. The van der Waals surface area contributed by atoms with E-state index >= 15 is 0 Å². The SMILES string of the molecule is Cc1cc(C)c(S(=O)(=O)Nc2cnc(N3CCCC3)c(C(=O)O)c2)c(C)c1. The van der Waals surface area contributed by atoms with Gasteiger partial charge in [-0.3, -0.25) is 4.72 Å². The Morgan fingerprint density at radius 1 is 1.11 bits per heavy atom. The largest absolute Gasteiger partial charge is 0.478 e. The first-order valence-electron chi connectivity index (χ1n) is 8.78. The Balaban J connectivity index is 1.98. The average molecular weight is 389 g/mol. The van der Waals surface area contributed by atoms with Crippen molar-refractivity contribution in [3.8, 4) is 0 Å². The van der Waals surface area contributed by atoms with Gasteiger partial charge >= 0.3 is 5.97 Å². The molecule has 7 nitrogen and oxygen atoms in total. The second-order valence-corrected chi connectivity index (χ2v) is 8.55. The highest BCUT2D eigenvalue weighted by molar-refractivity contribution is 7.92. The van der Waals surface area contributed by atoms with Crippen LogP contribution in [0.2, 0.25) is 0 Å². The van der Waals surface area contributed by atoms with Crippen LogP contribution < -0.4 is 9.62 Å². The number of nitrogens with one attached hydrogen (secondary N) is 1. The van der Waals surface area contributed by atoms with Crippen LogP contribution in [0.1, 0.15) is 39.9 Å². The average Bonchev–Trinajstić information content (AvgIpc) is 3.07. The molecule has 2 aromatic rings. The lowest BCUT2D eigenvalue weighted by Gasteiger charge is -2.19. The Bertz CT molecular complexity index is 973. The quantitative estimate of drug-likeness (QED) is 0.815. The normalized spacial score (nSPS) is 14.4. The summed E-state index contributed by atoms with van der Waals surface area (Å²) >= 11 is 0. The number of rotatable bonds is 5. The smallest absolute Gasteiger partial charge is 0.339 e. The van der Waals surface area contributed by atoms with Crippen molar-refractivity contribution in [3.05, 3.63) is 46.6 Å². The molecule has 0 radical (unpaired) electrons. The fourth-order valence-electron chi connectivity index (χ4n) is 3.65. The number of nitrogens with zero attached hydrogens (tertiary/aromatic N) is 2. The Labute approximate surface area is 159 Å². The molecule has 0 saturated carbocycles. The number of aromatic carboxylic acids is 1. The Kier molecular flexibility index (Phi) is 5.10. The van der Waals surface area contributed by atoms with Gasteiger partial charge in [-0.2, -0.15) is 0 Å². The molecule has 0 aliphatic carbocycles. The third-order valence-electron chi connectivity index (χ3n) is 4.63. The van der Waals surface area contributed by atoms with Crippen LogP contribution in [0.5, 0.6) is 0 Å². The van der Waals surface area contributed by atoms with E-state index in [4.69, 9.17) is 0 Å². The molecule has 0 atom stereocenters. The van der Waals surface area contributed by atoms with Crippen LogP contribution in [0.4, 0.5) is 11.5 Å². The van der Waals surface area contributed by atoms with Gasteiger partial charge in [-0.25, -0.2) is 18.2 Å². The van der Waals surface area contributed by atoms with Crippen molar-refractivity contribution in [1.29, 1.82) is 0 Å². The summed E-state index contributed by atoms with van der Waals surface area (Å²) in [4.78, 5) is 18.0. The van der Waals surface area contributed by atoms with Crippen LogP contribution in [0, 0.1) is 20.8 Å². The Hall–Kier alpha value is -2.61. The molecule has 3 rings (SSSR count). The second-order valence-electron chi connectivity index (χ2n) is 6.93. The fraction of sp³-hybridized carbons (Fsp3) is 0.368. The van der Waals surface area contributed by atoms with Crippen molar-refractivity contribution < 1.29 is 18.3 Å². The van der Waals surface area contributed by atoms with Gasteiger partial charge in [0.15, 0.2) is 0 Å². The Morgan fingerprint density at radius 3 is 2.26 bits per heavy atom. The Morgan fingerprint density at radius 2 is 1.70 bits per heavy atom. The number of anilines is 2. The summed E-state index contributed by atoms with van der Waals surface area (Å²) in [6, 6.07) is 4.94. The lowest BCUT2D eigenvalue weighted by molar-refractivity contribution is 0.0697. The molecule has 0 unspecified atom stereocenters. The monoisotopic (exact) mass is 389 g/mol. The zero-order valence-corrected chi connectivity index (χ0v) is 16.4. The summed E-state index contributed by atoms with van der Waals surface area (Å²) < 4.78 is 28.2. The molecule has 8 heteroatoms. The van der Waals surface area contributed by atoms with Crippen LogP contribution in [0.15, 0.2) is 29.3 Å². The van der Waals surface area contributed by atoms with Crippen LogP contribution >= 0.6 is 0 Å².